The Morgan fingerprint density at radius 2 is 2.41 bits per heavy atom. The van der Waals surface area contributed by atoms with Gasteiger partial charge in [-0.05, 0) is 33.5 Å². The second-order valence-corrected chi connectivity index (χ2v) is 5.02. The fraction of sp³-hybridized carbons (Fsp3) is 0.750. The molecule has 0 aliphatic carbocycles. The molecule has 0 radical (unpaired) electrons. The van der Waals surface area contributed by atoms with Gasteiger partial charge in [0.2, 0.25) is 0 Å². The van der Waals surface area contributed by atoms with Gasteiger partial charge in [-0.25, -0.2) is 0 Å². The quantitative estimate of drug-likeness (QED) is 0.816. The molecule has 1 unspecified atom stereocenters. The Kier molecular flexibility index (Phi) is 4.15. The van der Waals surface area contributed by atoms with Crippen molar-refractivity contribution in [2.75, 3.05) is 27.2 Å². The van der Waals surface area contributed by atoms with Crippen LogP contribution in [0.5, 0.6) is 0 Å². The van der Waals surface area contributed by atoms with E-state index < -0.39 is 0 Å². The molecule has 1 aliphatic rings. The van der Waals surface area contributed by atoms with Crippen LogP contribution in [0.4, 0.5) is 0 Å². The van der Waals surface area contributed by atoms with Gasteiger partial charge in [0.25, 0.3) is 0 Å². The van der Waals surface area contributed by atoms with Crippen LogP contribution in [0.25, 0.3) is 0 Å². The van der Waals surface area contributed by atoms with Gasteiger partial charge in [0.15, 0.2) is 5.76 Å². The summed E-state index contributed by atoms with van der Waals surface area (Å²) in [5, 5.41) is 3.93. The standard InChI is InChI=1S/C12H22N4O/c1-15(2)8-11-4-3-5-16(11)9-12-6-10(7-13)14-17-12/h6,11H,3-5,7-9,13H2,1-2H3. The molecule has 96 valence electrons. The fourth-order valence-electron chi connectivity index (χ4n) is 2.46. The lowest BCUT2D eigenvalue weighted by molar-refractivity contribution is 0.182. The molecule has 1 saturated heterocycles. The topological polar surface area (TPSA) is 58.5 Å². The van der Waals surface area contributed by atoms with Gasteiger partial charge in [0.1, 0.15) is 0 Å². The van der Waals surface area contributed by atoms with Crippen LogP contribution in [-0.2, 0) is 13.1 Å². The van der Waals surface area contributed by atoms with Gasteiger partial charge in [-0.3, -0.25) is 4.90 Å². The molecule has 1 aromatic heterocycles. The van der Waals surface area contributed by atoms with Crippen LogP contribution < -0.4 is 5.73 Å². The summed E-state index contributed by atoms with van der Waals surface area (Å²) in [6.45, 7) is 3.56. The van der Waals surface area contributed by atoms with Crippen LogP contribution >= 0.6 is 0 Å². The number of aromatic nitrogens is 1. The average Bonchev–Trinajstić information content (AvgIpc) is 2.89. The fourth-order valence-corrected chi connectivity index (χ4v) is 2.46. The molecule has 2 heterocycles. The third-order valence-corrected chi connectivity index (χ3v) is 3.25. The van der Waals surface area contributed by atoms with E-state index in [2.05, 4.69) is 29.1 Å². The molecule has 17 heavy (non-hydrogen) atoms. The van der Waals surface area contributed by atoms with E-state index in [0.29, 0.717) is 12.6 Å². The van der Waals surface area contributed by atoms with E-state index in [4.69, 9.17) is 10.3 Å². The highest BCUT2D eigenvalue weighted by Crippen LogP contribution is 2.20. The van der Waals surface area contributed by atoms with Gasteiger partial charge in [0.05, 0.1) is 12.2 Å². The van der Waals surface area contributed by atoms with Crippen molar-refractivity contribution in [3.63, 3.8) is 0 Å². The molecule has 1 aliphatic heterocycles. The van der Waals surface area contributed by atoms with E-state index in [-0.39, 0.29) is 0 Å². The van der Waals surface area contributed by atoms with Crippen molar-refractivity contribution in [2.45, 2.75) is 32.0 Å². The Labute approximate surface area is 103 Å². The minimum absolute atomic E-state index is 0.449. The van der Waals surface area contributed by atoms with Crippen LogP contribution in [-0.4, -0.2) is 48.2 Å². The first kappa shape index (κ1) is 12.5. The largest absolute Gasteiger partial charge is 0.360 e. The van der Waals surface area contributed by atoms with Gasteiger partial charge < -0.3 is 15.2 Å². The zero-order chi connectivity index (χ0) is 12.3. The Balaban J connectivity index is 1.92. The maximum atomic E-state index is 5.52. The van der Waals surface area contributed by atoms with E-state index in [1.54, 1.807) is 0 Å². The number of nitrogens with zero attached hydrogens (tertiary/aromatic N) is 3. The molecule has 0 bridgehead atoms. The van der Waals surface area contributed by atoms with Crippen LogP contribution in [0.1, 0.15) is 24.3 Å². The summed E-state index contributed by atoms with van der Waals surface area (Å²) < 4.78 is 5.29. The zero-order valence-corrected chi connectivity index (χ0v) is 10.7. The Bertz CT molecular complexity index is 350. The smallest absolute Gasteiger partial charge is 0.151 e. The van der Waals surface area contributed by atoms with Crippen LogP contribution in [0, 0.1) is 0 Å². The van der Waals surface area contributed by atoms with Crippen molar-refractivity contribution in [1.82, 2.24) is 15.0 Å². The van der Waals surface area contributed by atoms with Gasteiger partial charge in [-0.15, -0.1) is 0 Å². The third-order valence-electron chi connectivity index (χ3n) is 3.25. The van der Waals surface area contributed by atoms with E-state index in [9.17, 15) is 0 Å². The van der Waals surface area contributed by atoms with Gasteiger partial charge >= 0.3 is 0 Å². The minimum Gasteiger partial charge on any atom is -0.360 e. The van der Waals surface area contributed by atoms with Gasteiger partial charge in [-0.1, -0.05) is 5.16 Å². The molecule has 0 saturated carbocycles. The number of nitrogens with two attached hydrogens (primary N) is 1. The number of likely N-dealkylation sites (tertiary alicyclic amines) is 1. The highest BCUT2D eigenvalue weighted by Gasteiger charge is 2.25. The third kappa shape index (κ3) is 3.28. The molecular formula is C12H22N4O. The highest BCUT2D eigenvalue weighted by atomic mass is 16.5. The number of likely N-dealkylation sites (N-methyl/N-ethyl adjacent to an activating group) is 1. The van der Waals surface area contributed by atoms with Crippen LogP contribution in [0.15, 0.2) is 10.6 Å². The maximum Gasteiger partial charge on any atom is 0.151 e. The van der Waals surface area contributed by atoms with E-state index in [0.717, 1.165) is 31.1 Å². The normalized spacial score (nSPS) is 21.5. The Hall–Kier alpha value is -0.910. The Morgan fingerprint density at radius 1 is 1.59 bits per heavy atom. The number of hydrogen-bond acceptors (Lipinski definition) is 5. The monoisotopic (exact) mass is 238 g/mol. The first-order valence-corrected chi connectivity index (χ1v) is 6.22. The Morgan fingerprint density at radius 3 is 3.06 bits per heavy atom. The lowest BCUT2D eigenvalue weighted by Gasteiger charge is -2.25. The molecule has 2 N–H and O–H groups in total. The number of hydrogen-bond donors (Lipinski definition) is 1. The molecular weight excluding hydrogens is 216 g/mol. The summed E-state index contributed by atoms with van der Waals surface area (Å²) in [6.07, 6.45) is 2.55. The van der Waals surface area contributed by atoms with E-state index >= 15 is 0 Å². The molecule has 2 rings (SSSR count). The summed E-state index contributed by atoms with van der Waals surface area (Å²) in [6, 6.07) is 2.60. The average molecular weight is 238 g/mol. The molecule has 1 aromatic rings. The molecule has 1 atom stereocenters. The zero-order valence-electron chi connectivity index (χ0n) is 10.7. The van der Waals surface area contributed by atoms with Gasteiger partial charge in [0, 0.05) is 25.2 Å². The van der Waals surface area contributed by atoms with Crippen LogP contribution in [0.2, 0.25) is 0 Å². The molecule has 5 heteroatoms. The summed E-state index contributed by atoms with van der Waals surface area (Å²) in [5.74, 6) is 0.927. The first-order valence-electron chi connectivity index (χ1n) is 6.22. The molecule has 1 fully saturated rings. The van der Waals surface area contributed by atoms with Crippen molar-refractivity contribution in [2.24, 2.45) is 5.73 Å². The summed E-state index contributed by atoms with van der Waals surface area (Å²) >= 11 is 0. The highest BCUT2D eigenvalue weighted by molar-refractivity contribution is 5.05. The summed E-state index contributed by atoms with van der Waals surface area (Å²) in [4.78, 5) is 4.72. The molecule has 0 spiro atoms. The SMILES string of the molecule is CN(C)CC1CCCN1Cc1cc(CN)no1. The summed E-state index contributed by atoms with van der Waals surface area (Å²) in [5.41, 5.74) is 6.36. The van der Waals surface area contributed by atoms with Crippen LogP contribution in [0.3, 0.4) is 0 Å². The van der Waals surface area contributed by atoms with Crippen molar-refractivity contribution < 1.29 is 4.52 Å². The molecule has 5 nitrogen and oxygen atoms in total. The predicted molar refractivity (Wildman–Crippen MR) is 66.4 cm³/mol. The van der Waals surface area contributed by atoms with E-state index in [1.807, 2.05) is 6.07 Å². The lowest BCUT2D eigenvalue weighted by Crippen LogP contribution is -2.36. The minimum atomic E-state index is 0.449. The molecule has 0 amide bonds. The van der Waals surface area contributed by atoms with Gasteiger partial charge in [-0.2, -0.15) is 0 Å². The first-order chi connectivity index (χ1) is 8.19. The van der Waals surface area contributed by atoms with Crippen molar-refractivity contribution >= 4 is 0 Å². The summed E-state index contributed by atoms with van der Waals surface area (Å²) in [7, 11) is 4.24. The second-order valence-electron chi connectivity index (χ2n) is 5.02. The lowest BCUT2D eigenvalue weighted by atomic mass is 10.2. The maximum absolute atomic E-state index is 5.52. The molecule has 0 aromatic carbocycles. The van der Waals surface area contributed by atoms with E-state index in [1.165, 1.54) is 12.8 Å². The van der Waals surface area contributed by atoms with Crippen molar-refractivity contribution in [3.8, 4) is 0 Å². The number of rotatable bonds is 5. The van der Waals surface area contributed by atoms with Crippen molar-refractivity contribution in [3.05, 3.63) is 17.5 Å². The van der Waals surface area contributed by atoms with Crippen molar-refractivity contribution in [1.29, 1.82) is 0 Å². The predicted octanol–water partition coefficient (Wildman–Crippen LogP) is 0.659. The second kappa shape index (κ2) is 5.62.